The number of piperazine rings is 1. The van der Waals surface area contributed by atoms with E-state index >= 15 is 0 Å². The van der Waals surface area contributed by atoms with E-state index in [1.54, 1.807) is 18.3 Å². The molecule has 0 unspecified atom stereocenters. The molecule has 3 rings (SSSR count). The lowest BCUT2D eigenvalue weighted by atomic mass is 9.98. The zero-order valence-corrected chi connectivity index (χ0v) is 13.4. The maximum atomic E-state index is 11.3. The second-order valence-corrected chi connectivity index (χ2v) is 6.39. The highest BCUT2D eigenvalue weighted by molar-refractivity contribution is 5.93. The number of carboxylic acids is 1. The third kappa shape index (κ3) is 3.46. The Bertz CT molecular complexity index is 560. The molecule has 7 nitrogen and oxygen atoms in total. The molecule has 1 aromatic heterocycles. The van der Waals surface area contributed by atoms with Crippen molar-refractivity contribution in [2.24, 2.45) is 0 Å². The molecule has 0 saturated carbocycles. The number of aromatic carboxylic acids is 1. The third-order valence-electron chi connectivity index (χ3n) is 4.87. The van der Waals surface area contributed by atoms with Gasteiger partial charge in [-0.1, -0.05) is 0 Å². The van der Waals surface area contributed by atoms with E-state index in [1.165, 1.54) is 0 Å². The molecule has 2 aliphatic rings. The van der Waals surface area contributed by atoms with Gasteiger partial charge in [0.25, 0.3) is 0 Å². The first kappa shape index (κ1) is 16.2. The third-order valence-corrected chi connectivity index (χ3v) is 4.87. The first-order chi connectivity index (χ1) is 11.1. The highest BCUT2D eigenvalue weighted by atomic mass is 16.4. The summed E-state index contributed by atoms with van der Waals surface area (Å²) in [6.07, 6.45) is 1.93. The molecule has 2 fully saturated rings. The second kappa shape index (κ2) is 6.82. The van der Waals surface area contributed by atoms with E-state index in [0.29, 0.717) is 18.9 Å². The predicted molar refractivity (Wildman–Crippen MR) is 86.9 cm³/mol. The Balaban J connectivity index is 1.68. The topological polar surface area (TPSA) is 80.1 Å². The van der Waals surface area contributed by atoms with Crippen LogP contribution in [0.3, 0.4) is 0 Å². The Hall–Kier alpha value is -1.70. The van der Waals surface area contributed by atoms with Crippen molar-refractivity contribution < 1.29 is 15.0 Å². The summed E-state index contributed by atoms with van der Waals surface area (Å²) in [4.78, 5) is 22.1. The van der Waals surface area contributed by atoms with Crippen LogP contribution in [0.25, 0.3) is 0 Å². The summed E-state index contributed by atoms with van der Waals surface area (Å²) in [5.41, 5.74) is 0.192. The number of nitrogens with zero attached hydrogens (tertiary/aromatic N) is 4. The minimum absolute atomic E-state index is 0.150. The number of carboxylic acid groups (broad SMARTS) is 1. The molecule has 7 heteroatoms. The quantitative estimate of drug-likeness (QED) is 0.809. The van der Waals surface area contributed by atoms with Gasteiger partial charge in [0, 0.05) is 51.5 Å². The van der Waals surface area contributed by atoms with Gasteiger partial charge in [-0.25, -0.2) is 9.78 Å². The van der Waals surface area contributed by atoms with Gasteiger partial charge in [0.2, 0.25) is 0 Å². The Labute approximate surface area is 136 Å². The first-order valence-electron chi connectivity index (χ1n) is 8.10. The number of hydrogen-bond donors (Lipinski definition) is 2. The summed E-state index contributed by atoms with van der Waals surface area (Å²) < 4.78 is 0. The number of aromatic nitrogens is 1. The summed E-state index contributed by atoms with van der Waals surface area (Å²) in [5.74, 6) is -0.528. The molecule has 23 heavy (non-hydrogen) atoms. The Kier molecular flexibility index (Phi) is 4.79. The summed E-state index contributed by atoms with van der Waals surface area (Å²) >= 11 is 0. The molecule has 2 atom stereocenters. The number of aliphatic hydroxyl groups excluding tert-OH is 1. The van der Waals surface area contributed by atoms with Crippen LogP contribution in [0, 0.1) is 0 Å². The molecular weight excluding hydrogens is 296 g/mol. The van der Waals surface area contributed by atoms with E-state index in [2.05, 4.69) is 21.8 Å². The molecule has 1 aromatic rings. The van der Waals surface area contributed by atoms with Crippen molar-refractivity contribution in [1.29, 1.82) is 0 Å². The fourth-order valence-electron chi connectivity index (χ4n) is 3.51. The van der Waals surface area contributed by atoms with Gasteiger partial charge in [-0.3, -0.25) is 4.90 Å². The van der Waals surface area contributed by atoms with Crippen LogP contribution < -0.4 is 4.90 Å². The van der Waals surface area contributed by atoms with Crippen LogP contribution in [0.1, 0.15) is 16.8 Å². The number of anilines is 1. The minimum Gasteiger partial charge on any atom is -0.478 e. The average molecular weight is 320 g/mol. The number of rotatable bonds is 3. The lowest BCUT2D eigenvalue weighted by Gasteiger charge is -2.44. The minimum atomic E-state index is -0.983. The van der Waals surface area contributed by atoms with Gasteiger partial charge in [-0.05, 0) is 25.6 Å². The Morgan fingerprint density at radius 3 is 2.65 bits per heavy atom. The average Bonchev–Trinajstić information content (AvgIpc) is 2.56. The molecule has 0 bridgehead atoms. The van der Waals surface area contributed by atoms with Gasteiger partial charge in [0.1, 0.15) is 11.4 Å². The Morgan fingerprint density at radius 1 is 1.26 bits per heavy atom. The van der Waals surface area contributed by atoms with Gasteiger partial charge >= 0.3 is 5.97 Å². The molecule has 0 amide bonds. The first-order valence-corrected chi connectivity index (χ1v) is 8.10. The maximum absolute atomic E-state index is 11.3. The molecule has 0 spiro atoms. The largest absolute Gasteiger partial charge is 0.478 e. The van der Waals surface area contributed by atoms with Crippen molar-refractivity contribution in [2.75, 3.05) is 51.2 Å². The number of pyridine rings is 1. The molecular formula is C16H24N4O3. The van der Waals surface area contributed by atoms with Crippen LogP contribution in [-0.4, -0.2) is 89.4 Å². The molecule has 126 valence electrons. The number of β-amino-alcohol motifs (C(OH)–C–C–N with tert-alkyl or cyclic N) is 1. The van der Waals surface area contributed by atoms with Crippen molar-refractivity contribution in [1.82, 2.24) is 14.8 Å². The molecule has 3 heterocycles. The van der Waals surface area contributed by atoms with E-state index in [4.69, 9.17) is 0 Å². The van der Waals surface area contributed by atoms with Crippen molar-refractivity contribution in [2.45, 2.75) is 18.6 Å². The number of likely N-dealkylation sites (N-methyl/N-ethyl adjacent to an activating group) is 1. The Morgan fingerprint density at radius 2 is 2.00 bits per heavy atom. The lowest BCUT2D eigenvalue weighted by molar-refractivity contribution is 0.0137. The van der Waals surface area contributed by atoms with Crippen molar-refractivity contribution in [3.8, 4) is 0 Å². The van der Waals surface area contributed by atoms with E-state index in [0.717, 1.165) is 32.6 Å². The molecule has 2 aliphatic heterocycles. The number of piperidine rings is 1. The fraction of sp³-hybridized carbons (Fsp3) is 0.625. The normalized spacial score (nSPS) is 27.1. The predicted octanol–water partition coefficient (Wildman–Crippen LogP) is -0.0332. The highest BCUT2D eigenvalue weighted by Crippen LogP contribution is 2.25. The van der Waals surface area contributed by atoms with Crippen molar-refractivity contribution >= 4 is 11.8 Å². The van der Waals surface area contributed by atoms with E-state index in [1.807, 2.05) is 4.90 Å². The molecule has 0 aromatic carbocycles. The van der Waals surface area contributed by atoms with E-state index in [-0.39, 0.29) is 11.6 Å². The fourth-order valence-corrected chi connectivity index (χ4v) is 3.51. The van der Waals surface area contributed by atoms with Gasteiger partial charge in [0.15, 0.2) is 0 Å². The lowest BCUT2D eigenvalue weighted by Crippen LogP contribution is -2.58. The van der Waals surface area contributed by atoms with Gasteiger partial charge in [-0.2, -0.15) is 0 Å². The monoisotopic (exact) mass is 320 g/mol. The molecule has 2 N–H and O–H groups in total. The van der Waals surface area contributed by atoms with Crippen LogP contribution in [0.4, 0.5) is 5.82 Å². The summed E-state index contributed by atoms with van der Waals surface area (Å²) in [6.45, 7) is 5.14. The van der Waals surface area contributed by atoms with Crippen LogP contribution >= 0.6 is 0 Å². The smallest absolute Gasteiger partial charge is 0.339 e. The summed E-state index contributed by atoms with van der Waals surface area (Å²) in [7, 11) is 2.12. The summed E-state index contributed by atoms with van der Waals surface area (Å²) in [6, 6.07) is 3.33. The van der Waals surface area contributed by atoms with Gasteiger partial charge < -0.3 is 20.0 Å². The van der Waals surface area contributed by atoms with Crippen LogP contribution in [0.15, 0.2) is 18.3 Å². The number of carbonyl (C=O) groups is 1. The number of aliphatic hydroxyl groups is 1. The zero-order valence-electron chi connectivity index (χ0n) is 13.4. The zero-order chi connectivity index (χ0) is 16.4. The van der Waals surface area contributed by atoms with Crippen molar-refractivity contribution in [3.63, 3.8) is 0 Å². The van der Waals surface area contributed by atoms with Crippen LogP contribution in [0.5, 0.6) is 0 Å². The van der Waals surface area contributed by atoms with Crippen molar-refractivity contribution in [3.05, 3.63) is 23.9 Å². The second-order valence-electron chi connectivity index (χ2n) is 6.39. The van der Waals surface area contributed by atoms with E-state index < -0.39 is 12.1 Å². The summed E-state index contributed by atoms with van der Waals surface area (Å²) in [5, 5.41) is 19.9. The van der Waals surface area contributed by atoms with Gasteiger partial charge in [-0.15, -0.1) is 0 Å². The SMILES string of the molecule is CN1CCN([C@@H]2CCN(c3ncccc3C(=O)O)C[C@H]2O)CC1. The van der Waals surface area contributed by atoms with E-state index in [9.17, 15) is 15.0 Å². The maximum Gasteiger partial charge on any atom is 0.339 e. The molecule has 0 aliphatic carbocycles. The standard InChI is InChI=1S/C16H24N4O3/c1-18-7-9-19(10-8-18)13-4-6-20(11-14(13)21)15-12(16(22)23)3-2-5-17-15/h2-3,5,13-14,21H,4,6-11H2,1H3,(H,22,23)/t13-,14-/m1/s1. The highest BCUT2D eigenvalue weighted by Gasteiger charge is 2.34. The van der Waals surface area contributed by atoms with Crippen LogP contribution in [0.2, 0.25) is 0 Å². The molecule has 2 saturated heterocycles. The molecule has 0 radical (unpaired) electrons. The van der Waals surface area contributed by atoms with Gasteiger partial charge in [0.05, 0.1) is 6.10 Å². The van der Waals surface area contributed by atoms with Crippen LogP contribution in [-0.2, 0) is 0 Å². The number of hydrogen-bond acceptors (Lipinski definition) is 6.